The molecule has 0 atom stereocenters. The number of benzene rings is 2. The van der Waals surface area contributed by atoms with Gasteiger partial charge in [0.1, 0.15) is 5.75 Å². The zero-order valence-electron chi connectivity index (χ0n) is 14.8. The largest absolute Gasteiger partial charge is 0.499 e. The lowest BCUT2D eigenvalue weighted by Crippen LogP contribution is -2.46. The molecule has 0 aliphatic carbocycles. The van der Waals surface area contributed by atoms with Gasteiger partial charge in [0.2, 0.25) is 0 Å². The molecule has 9 heteroatoms. The second-order valence-electron chi connectivity index (χ2n) is 6.48. The van der Waals surface area contributed by atoms with Crippen LogP contribution in [0, 0.1) is 0 Å². The SMILES string of the molecule is [O]c1ccc(N2CCN(Cc3ccccc3OC(F)(F)C(F)(F)F)CC2)cc1. The number of ether oxygens (including phenoxy) is 1. The highest BCUT2D eigenvalue weighted by Crippen LogP contribution is 2.38. The summed E-state index contributed by atoms with van der Waals surface area (Å²) in [5.74, 6) is -0.562. The lowest BCUT2D eigenvalue weighted by molar-refractivity contribution is -0.360. The molecule has 2 aromatic carbocycles. The van der Waals surface area contributed by atoms with Gasteiger partial charge in [-0.3, -0.25) is 10.0 Å². The van der Waals surface area contributed by atoms with Crippen LogP contribution >= 0.6 is 0 Å². The maximum Gasteiger partial charge on any atom is 0.499 e. The van der Waals surface area contributed by atoms with E-state index in [0.717, 1.165) is 11.8 Å². The predicted octanol–water partition coefficient (Wildman–Crippen LogP) is 4.69. The summed E-state index contributed by atoms with van der Waals surface area (Å²) in [4.78, 5) is 4.03. The van der Waals surface area contributed by atoms with Crippen molar-refractivity contribution in [3.8, 4) is 11.5 Å². The molecule has 1 fully saturated rings. The highest BCUT2D eigenvalue weighted by atomic mass is 19.4. The first-order valence-corrected chi connectivity index (χ1v) is 8.61. The van der Waals surface area contributed by atoms with E-state index in [1.54, 1.807) is 18.2 Å². The Labute approximate surface area is 158 Å². The molecule has 0 unspecified atom stereocenters. The summed E-state index contributed by atoms with van der Waals surface area (Å²) in [5, 5.41) is 11.2. The van der Waals surface area contributed by atoms with Crippen LogP contribution in [0.2, 0.25) is 0 Å². The fourth-order valence-corrected chi connectivity index (χ4v) is 2.99. The molecule has 2 aromatic rings. The average molecular weight is 401 g/mol. The van der Waals surface area contributed by atoms with Gasteiger partial charge in [-0.15, -0.1) is 0 Å². The summed E-state index contributed by atoms with van der Waals surface area (Å²) in [6.07, 6.45) is -11.0. The van der Waals surface area contributed by atoms with E-state index in [9.17, 15) is 27.1 Å². The van der Waals surface area contributed by atoms with Gasteiger partial charge >= 0.3 is 12.3 Å². The van der Waals surface area contributed by atoms with Crippen LogP contribution in [0.1, 0.15) is 5.56 Å². The van der Waals surface area contributed by atoms with Gasteiger partial charge < -0.3 is 9.64 Å². The summed E-state index contributed by atoms with van der Waals surface area (Å²) >= 11 is 0. The number of nitrogens with zero attached hydrogens (tertiary/aromatic N) is 2. The maximum absolute atomic E-state index is 13.3. The monoisotopic (exact) mass is 401 g/mol. The third kappa shape index (κ3) is 4.64. The van der Waals surface area contributed by atoms with Crippen LogP contribution in [0.3, 0.4) is 0 Å². The topological polar surface area (TPSA) is 35.6 Å². The minimum absolute atomic E-state index is 0.0744. The molecular formula is C19H18F5N2O2. The van der Waals surface area contributed by atoms with Crippen molar-refractivity contribution in [2.45, 2.75) is 18.8 Å². The molecule has 1 aliphatic rings. The van der Waals surface area contributed by atoms with Crippen molar-refractivity contribution in [3.63, 3.8) is 0 Å². The molecule has 4 nitrogen and oxygen atoms in total. The number of hydrogen-bond acceptors (Lipinski definition) is 3. The molecule has 151 valence electrons. The molecule has 1 radical (unpaired) electrons. The fourth-order valence-electron chi connectivity index (χ4n) is 2.99. The standard InChI is InChI=1S/C19H18F5N2O2/c20-18(21,22)19(23,24)28-17-4-2-1-3-14(17)13-25-9-11-26(12-10-25)15-5-7-16(27)8-6-15/h1-8H,9-13H2. The molecule has 1 heterocycles. The first kappa shape index (κ1) is 20.2. The van der Waals surface area contributed by atoms with E-state index in [4.69, 9.17) is 0 Å². The lowest BCUT2D eigenvalue weighted by atomic mass is 10.1. The second kappa shape index (κ2) is 7.83. The normalized spacial score (nSPS) is 16.2. The number of hydrogen-bond donors (Lipinski definition) is 0. The van der Waals surface area contributed by atoms with Gasteiger partial charge in [-0.2, -0.15) is 22.0 Å². The number of piperazine rings is 1. The predicted molar refractivity (Wildman–Crippen MR) is 92.1 cm³/mol. The van der Waals surface area contributed by atoms with Gasteiger partial charge in [-0.05, 0) is 30.3 Å². The highest BCUT2D eigenvalue weighted by Gasteiger charge is 2.61. The van der Waals surface area contributed by atoms with Crippen LogP contribution in [0.4, 0.5) is 27.6 Å². The molecule has 1 saturated heterocycles. The third-order valence-corrected chi connectivity index (χ3v) is 4.51. The van der Waals surface area contributed by atoms with Crippen LogP contribution in [0.25, 0.3) is 0 Å². The Balaban J connectivity index is 1.63. The van der Waals surface area contributed by atoms with Crippen LogP contribution in [-0.2, 0) is 11.7 Å². The van der Waals surface area contributed by atoms with Crippen molar-refractivity contribution in [2.24, 2.45) is 0 Å². The summed E-state index contributed by atoms with van der Waals surface area (Å²) in [6.45, 7) is 2.64. The van der Waals surface area contributed by atoms with Crippen molar-refractivity contribution in [1.29, 1.82) is 0 Å². The number of para-hydroxylation sites is 1. The maximum atomic E-state index is 13.3. The zero-order chi connectivity index (χ0) is 20.4. The molecule has 3 rings (SSSR count). The molecule has 28 heavy (non-hydrogen) atoms. The van der Waals surface area contributed by atoms with E-state index in [2.05, 4.69) is 9.64 Å². The van der Waals surface area contributed by atoms with Crippen LogP contribution < -0.4 is 9.64 Å². The summed E-state index contributed by atoms with van der Waals surface area (Å²) < 4.78 is 67.8. The Hall–Kier alpha value is -2.55. The Morgan fingerprint density at radius 1 is 0.857 bits per heavy atom. The fraction of sp³-hybridized carbons (Fsp3) is 0.368. The minimum Gasteiger partial charge on any atom is -0.425 e. The summed E-state index contributed by atoms with van der Waals surface area (Å²) in [5.41, 5.74) is 1.17. The van der Waals surface area contributed by atoms with Crippen molar-refractivity contribution >= 4 is 5.69 Å². The van der Waals surface area contributed by atoms with E-state index in [-0.39, 0.29) is 17.9 Å². The molecule has 0 bridgehead atoms. The molecular weight excluding hydrogens is 383 g/mol. The Morgan fingerprint density at radius 2 is 1.46 bits per heavy atom. The number of halogens is 5. The first-order chi connectivity index (χ1) is 13.2. The van der Waals surface area contributed by atoms with E-state index < -0.39 is 18.0 Å². The average Bonchev–Trinajstić information content (AvgIpc) is 2.64. The first-order valence-electron chi connectivity index (χ1n) is 8.61. The lowest BCUT2D eigenvalue weighted by Gasteiger charge is -2.36. The molecule has 0 saturated carbocycles. The number of rotatable bonds is 5. The summed E-state index contributed by atoms with van der Waals surface area (Å²) in [6, 6.07) is 11.9. The van der Waals surface area contributed by atoms with E-state index in [1.165, 1.54) is 24.3 Å². The van der Waals surface area contributed by atoms with E-state index in [0.29, 0.717) is 26.2 Å². The molecule has 0 amide bonds. The zero-order valence-corrected chi connectivity index (χ0v) is 14.8. The highest BCUT2D eigenvalue weighted by molar-refractivity contribution is 5.49. The molecule has 0 aromatic heterocycles. The molecule has 0 spiro atoms. The van der Waals surface area contributed by atoms with Crippen LogP contribution in [0.15, 0.2) is 48.5 Å². The van der Waals surface area contributed by atoms with Gasteiger partial charge in [0, 0.05) is 44.0 Å². The van der Waals surface area contributed by atoms with E-state index in [1.807, 2.05) is 4.90 Å². The molecule has 1 aliphatic heterocycles. The van der Waals surface area contributed by atoms with Crippen molar-refractivity contribution in [3.05, 3.63) is 54.1 Å². The third-order valence-electron chi connectivity index (χ3n) is 4.51. The van der Waals surface area contributed by atoms with Crippen LogP contribution in [0.5, 0.6) is 11.5 Å². The van der Waals surface area contributed by atoms with Gasteiger partial charge in [0.25, 0.3) is 0 Å². The van der Waals surface area contributed by atoms with Gasteiger partial charge in [0.05, 0.1) is 0 Å². The van der Waals surface area contributed by atoms with Crippen molar-refractivity contribution < 1.29 is 31.8 Å². The number of anilines is 1. The van der Waals surface area contributed by atoms with E-state index >= 15 is 0 Å². The van der Waals surface area contributed by atoms with Gasteiger partial charge in [-0.25, -0.2) is 0 Å². The molecule has 0 N–H and O–H groups in total. The minimum atomic E-state index is -5.79. The quantitative estimate of drug-likeness (QED) is 0.683. The smallest absolute Gasteiger partial charge is 0.425 e. The van der Waals surface area contributed by atoms with Crippen LogP contribution in [-0.4, -0.2) is 43.4 Å². The van der Waals surface area contributed by atoms with Crippen molar-refractivity contribution in [1.82, 2.24) is 4.90 Å². The van der Waals surface area contributed by atoms with Crippen molar-refractivity contribution in [2.75, 3.05) is 31.1 Å². The summed E-state index contributed by atoms with van der Waals surface area (Å²) in [7, 11) is 0. The Kier molecular flexibility index (Phi) is 5.64. The second-order valence-corrected chi connectivity index (χ2v) is 6.48. The van der Waals surface area contributed by atoms with Gasteiger partial charge in [0.15, 0.2) is 5.75 Å². The number of alkyl halides is 5. The Bertz CT molecular complexity index is 788. The Morgan fingerprint density at radius 3 is 2.07 bits per heavy atom. The van der Waals surface area contributed by atoms with Gasteiger partial charge in [-0.1, -0.05) is 18.2 Å².